The molecular formula is C15H24O10. The van der Waals surface area contributed by atoms with E-state index in [1.807, 2.05) is 0 Å². The molecule has 25 heavy (non-hydrogen) atoms. The molecule has 0 aliphatic carbocycles. The molecule has 0 heterocycles. The Kier molecular flexibility index (Phi) is 10.7. The van der Waals surface area contributed by atoms with Crippen LogP contribution in [0.1, 0.15) is 39.5 Å². The Bertz CT molecular complexity index is 461. The highest BCUT2D eigenvalue weighted by Crippen LogP contribution is 2.20. The predicted octanol–water partition coefficient (Wildman–Crippen LogP) is 2.09. The fourth-order valence-corrected chi connectivity index (χ4v) is 1.93. The Labute approximate surface area is 145 Å². The van der Waals surface area contributed by atoms with E-state index in [9.17, 15) is 19.2 Å². The van der Waals surface area contributed by atoms with Crippen molar-refractivity contribution in [3.8, 4) is 0 Å². The highest BCUT2D eigenvalue weighted by atomic mass is 16.8. The van der Waals surface area contributed by atoms with Gasteiger partial charge in [0, 0.05) is 13.3 Å². The van der Waals surface area contributed by atoms with Crippen LogP contribution in [0.25, 0.3) is 0 Å². The van der Waals surface area contributed by atoms with Crippen LogP contribution in [0.5, 0.6) is 0 Å². The van der Waals surface area contributed by atoms with Crippen LogP contribution >= 0.6 is 0 Å². The lowest BCUT2D eigenvalue weighted by Crippen LogP contribution is -2.34. The van der Waals surface area contributed by atoms with E-state index >= 15 is 0 Å². The van der Waals surface area contributed by atoms with Gasteiger partial charge in [-0.2, -0.15) is 0 Å². The minimum atomic E-state index is -1.20. The first-order valence-corrected chi connectivity index (χ1v) is 7.62. The molecule has 0 aromatic heterocycles. The normalized spacial score (nSPS) is 13.8. The van der Waals surface area contributed by atoms with E-state index < -0.39 is 42.6 Å². The molecule has 0 amide bonds. The zero-order valence-corrected chi connectivity index (χ0v) is 14.7. The number of carbonyl (C=O) groups excluding carboxylic acids is 3. The Balaban J connectivity index is 4.77. The number of methoxy groups -OCH3 is 2. The van der Waals surface area contributed by atoms with Crippen molar-refractivity contribution in [2.45, 2.75) is 51.9 Å². The molecule has 0 bridgehead atoms. The maximum Gasteiger partial charge on any atom is 0.511 e. The fourth-order valence-electron chi connectivity index (χ4n) is 1.93. The van der Waals surface area contributed by atoms with E-state index in [-0.39, 0.29) is 12.8 Å². The van der Waals surface area contributed by atoms with Gasteiger partial charge in [0.2, 0.25) is 6.29 Å². The molecule has 0 rings (SSSR count). The number of ether oxygens (including phenoxy) is 5. The van der Waals surface area contributed by atoms with Crippen LogP contribution in [-0.4, -0.2) is 56.0 Å². The van der Waals surface area contributed by atoms with Gasteiger partial charge in [0.25, 0.3) is 0 Å². The number of rotatable bonds is 10. The van der Waals surface area contributed by atoms with Crippen LogP contribution in [0.2, 0.25) is 0 Å². The van der Waals surface area contributed by atoms with Gasteiger partial charge in [0.05, 0.1) is 20.1 Å². The molecule has 10 nitrogen and oxygen atoms in total. The summed E-state index contributed by atoms with van der Waals surface area (Å²) < 4.78 is 23.2. The molecule has 0 spiro atoms. The summed E-state index contributed by atoms with van der Waals surface area (Å²) in [6.45, 7) is 2.80. The van der Waals surface area contributed by atoms with Gasteiger partial charge < -0.3 is 28.8 Å². The van der Waals surface area contributed by atoms with Crippen molar-refractivity contribution >= 4 is 24.2 Å². The van der Waals surface area contributed by atoms with Crippen LogP contribution in [0.15, 0.2) is 0 Å². The SMILES string of the molecule is COC(=O)OC(C)OC(=O)C(CCCCC(=O)O)C(C)OC(=O)OC. The summed E-state index contributed by atoms with van der Waals surface area (Å²) in [5, 5.41) is 8.64. The summed E-state index contributed by atoms with van der Waals surface area (Å²) in [4.78, 5) is 45.0. The molecule has 0 aromatic rings. The number of esters is 1. The molecule has 0 radical (unpaired) electrons. The Hall–Kier alpha value is -2.52. The topological polar surface area (TPSA) is 135 Å². The predicted molar refractivity (Wildman–Crippen MR) is 81.6 cm³/mol. The summed E-state index contributed by atoms with van der Waals surface area (Å²) in [6.07, 6.45) is -3.15. The second kappa shape index (κ2) is 11.9. The molecule has 0 fully saturated rings. The molecule has 0 aliphatic rings. The average Bonchev–Trinajstić information content (AvgIpc) is 2.53. The van der Waals surface area contributed by atoms with E-state index in [4.69, 9.17) is 14.6 Å². The van der Waals surface area contributed by atoms with Crippen molar-refractivity contribution in [3.05, 3.63) is 0 Å². The van der Waals surface area contributed by atoms with Crippen LogP contribution in [0.3, 0.4) is 0 Å². The van der Waals surface area contributed by atoms with Crippen molar-refractivity contribution in [2.75, 3.05) is 14.2 Å². The highest BCUT2D eigenvalue weighted by molar-refractivity contribution is 5.74. The number of carboxylic acids is 1. The van der Waals surface area contributed by atoms with Gasteiger partial charge in [-0.05, 0) is 19.8 Å². The fraction of sp³-hybridized carbons (Fsp3) is 0.733. The molecule has 144 valence electrons. The van der Waals surface area contributed by atoms with Gasteiger partial charge in [-0.15, -0.1) is 0 Å². The molecule has 3 atom stereocenters. The summed E-state index contributed by atoms with van der Waals surface area (Å²) >= 11 is 0. The van der Waals surface area contributed by atoms with E-state index in [2.05, 4.69) is 14.2 Å². The number of carbonyl (C=O) groups is 4. The van der Waals surface area contributed by atoms with Crippen LogP contribution < -0.4 is 0 Å². The van der Waals surface area contributed by atoms with Gasteiger partial charge in [-0.25, -0.2) is 9.59 Å². The molecule has 1 N–H and O–H groups in total. The molecule has 0 aliphatic heterocycles. The third-order valence-electron chi connectivity index (χ3n) is 3.18. The lowest BCUT2D eigenvalue weighted by Gasteiger charge is -2.23. The van der Waals surface area contributed by atoms with Crippen molar-refractivity contribution in [1.29, 1.82) is 0 Å². The maximum atomic E-state index is 12.3. The van der Waals surface area contributed by atoms with Crippen molar-refractivity contribution in [2.24, 2.45) is 5.92 Å². The van der Waals surface area contributed by atoms with Crippen molar-refractivity contribution < 1.29 is 48.0 Å². The number of aliphatic carboxylic acids is 1. The van der Waals surface area contributed by atoms with Crippen LogP contribution in [0.4, 0.5) is 9.59 Å². The zero-order valence-electron chi connectivity index (χ0n) is 14.7. The van der Waals surface area contributed by atoms with Gasteiger partial charge in [-0.1, -0.05) is 6.42 Å². The second-order valence-corrected chi connectivity index (χ2v) is 5.10. The molecule has 3 unspecified atom stereocenters. The average molecular weight is 364 g/mol. The number of hydrogen-bond donors (Lipinski definition) is 1. The zero-order chi connectivity index (χ0) is 19.4. The minimum Gasteiger partial charge on any atom is -0.481 e. The summed E-state index contributed by atoms with van der Waals surface area (Å²) in [5.74, 6) is -2.59. The third-order valence-corrected chi connectivity index (χ3v) is 3.18. The standard InChI is InChI=1S/C15H24O10/c1-9(23-14(19)21-3)11(7-5-6-8-12(16)17)13(18)24-10(2)25-15(20)22-4/h9-11H,5-8H2,1-4H3,(H,16,17). The summed E-state index contributed by atoms with van der Waals surface area (Å²) in [5.41, 5.74) is 0. The number of carboxylic acid groups (broad SMARTS) is 1. The highest BCUT2D eigenvalue weighted by Gasteiger charge is 2.31. The van der Waals surface area contributed by atoms with Crippen molar-refractivity contribution in [1.82, 2.24) is 0 Å². The smallest absolute Gasteiger partial charge is 0.481 e. The molecular weight excluding hydrogens is 340 g/mol. The van der Waals surface area contributed by atoms with E-state index in [0.717, 1.165) is 14.2 Å². The lowest BCUT2D eigenvalue weighted by molar-refractivity contribution is -0.176. The van der Waals surface area contributed by atoms with E-state index in [1.165, 1.54) is 13.8 Å². The minimum absolute atomic E-state index is 0.0458. The monoisotopic (exact) mass is 364 g/mol. The van der Waals surface area contributed by atoms with Gasteiger partial charge in [-0.3, -0.25) is 9.59 Å². The number of hydrogen-bond acceptors (Lipinski definition) is 9. The van der Waals surface area contributed by atoms with E-state index in [0.29, 0.717) is 12.8 Å². The van der Waals surface area contributed by atoms with Gasteiger partial charge >= 0.3 is 24.2 Å². The third kappa shape index (κ3) is 10.0. The Morgan fingerprint density at radius 2 is 1.44 bits per heavy atom. The number of unbranched alkanes of at least 4 members (excludes halogenated alkanes) is 1. The Morgan fingerprint density at radius 3 is 1.96 bits per heavy atom. The maximum absolute atomic E-state index is 12.3. The van der Waals surface area contributed by atoms with Crippen molar-refractivity contribution in [3.63, 3.8) is 0 Å². The lowest BCUT2D eigenvalue weighted by atomic mass is 9.96. The quantitative estimate of drug-likeness (QED) is 0.266. The molecule has 0 aromatic carbocycles. The van der Waals surface area contributed by atoms with E-state index in [1.54, 1.807) is 0 Å². The van der Waals surface area contributed by atoms with Crippen LogP contribution in [0, 0.1) is 5.92 Å². The summed E-state index contributed by atoms with van der Waals surface area (Å²) in [7, 11) is 2.23. The largest absolute Gasteiger partial charge is 0.511 e. The van der Waals surface area contributed by atoms with Crippen LogP contribution in [-0.2, 0) is 33.3 Å². The second-order valence-electron chi connectivity index (χ2n) is 5.10. The van der Waals surface area contributed by atoms with Gasteiger partial charge in [0.15, 0.2) is 0 Å². The molecule has 10 heteroatoms. The first kappa shape index (κ1) is 22.5. The first-order chi connectivity index (χ1) is 11.7. The Morgan fingerprint density at radius 1 is 0.880 bits per heavy atom. The molecule has 0 saturated carbocycles. The first-order valence-electron chi connectivity index (χ1n) is 7.62. The summed E-state index contributed by atoms with van der Waals surface area (Å²) in [6, 6.07) is 0. The molecule has 0 saturated heterocycles. The van der Waals surface area contributed by atoms with Gasteiger partial charge in [0.1, 0.15) is 6.10 Å².